The molecule has 0 spiro atoms. The lowest BCUT2D eigenvalue weighted by Crippen LogP contribution is -2.43. The molecule has 2 N–H and O–H groups in total. The van der Waals surface area contributed by atoms with Crippen molar-refractivity contribution in [3.05, 3.63) is 23.8 Å². The smallest absolute Gasteiger partial charge is 0.146 e. The SMILES string of the molecule is CC1(NCc2cccc3c2OCCN3)CCCCC1. The maximum absolute atomic E-state index is 5.82. The van der Waals surface area contributed by atoms with Crippen LogP contribution < -0.4 is 15.4 Å². The number of fused-ring (bicyclic) bond motifs is 1. The highest BCUT2D eigenvalue weighted by atomic mass is 16.5. The van der Waals surface area contributed by atoms with Crippen LogP contribution in [0.5, 0.6) is 5.75 Å². The molecule has 1 aromatic rings. The van der Waals surface area contributed by atoms with E-state index in [-0.39, 0.29) is 0 Å². The summed E-state index contributed by atoms with van der Waals surface area (Å²) in [5.74, 6) is 1.04. The molecular formula is C16H24N2O. The minimum atomic E-state index is 0.309. The van der Waals surface area contributed by atoms with Gasteiger partial charge in [-0.05, 0) is 25.8 Å². The normalized spacial score (nSPS) is 21.1. The molecule has 0 radical (unpaired) electrons. The zero-order valence-corrected chi connectivity index (χ0v) is 11.8. The van der Waals surface area contributed by atoms with Gasteiger partial charge in [-0.15, -0.1) is 0 Å². The topological polar surface area (TPSA) is 33.3 Å². The van der Waals surface area contributed by atoms with Crippen LogP contribution in [0.25, 0.3) is 0 Å². The monoisotopic (exact) mass is 260 g/mol. The van der Waals surface area contributed by atoms with Gasteiger partial charge in [-0.2, -0.15) is 0 Å². The molecule has 3 rings (SSSR count). The molecule has 3 heteroatoms. The molecule has 19 heavy (non-hydrogen) atoms. The van der Waals surface area contributed by atoms with Crippen LogP contribution in [0.4, 0.5) is 5.69 Å². The van der Waals surface area contributed by atoms with Crippen LogP contribution in [-0.4, -0.2) is 18.7 Å². The van der Waals surface area contributed by atoms with Gasteiger partial charge in [-0.25, -0.2) is 0 Å². The van der Waals surface area contributed by atoms with E-state index >= 15 is 0 Å². The molecule has 104 valence electrons. The summed E-state index contributed by atoms with van der Waals surface area (Å²) < 4.78 is 5.82. The predicted molar refractivity (Wildman–Crippen MR) is 78.8 cm³/mol. The highest BCUT2D eigenvalue weighted by molar-refractivity contribution is 5.61. The van der Waals surface area contributed by atoms with Crippen molar-refractivity contribution in [1.82, 2.24) is 5.32 Å². The molecular weight excluding hydrogens is 236 g/mol. The van der Waals surface area contributed by atoms with Gasteiger partial charge in [0.2, 0.25) is 0 Å². The molecule has 0 unspecified atom stereocenters. The molecule has 0 atom stereocenters. The van der Waals surface area contributed by atoms with Gasteiger partial charge in [0.25, 0.3) is 0 Å². The Bertz CT molecular complexity index is 438. The highest BCUT2D eigenvalue weighted by Crippen LogP contribution is 2.33. The lowest BCUT2D eigenvalue weighted by atomic mass is 9.83. The highest BCUT2D eigenvalue weighted by Gasteiger charge is 2.26. The van der Waals surface area contributed by atoms with Crippen molar-refractivity contribution in [3.63, 3.8) is 0 Å². The first-order valence-corrected chi connectivity index (χ1v) is 7.50. The molecule has 0 aromatic heterocycles. The van der Waals surface area contributed by atoms with Crippen molar-refractivity contribution in [2.45, 2.75) is 51.1 Å². The Hall–Kier alpha value is -1.22. The molecule has 1 heterocycles. The van der Waals surface area contributed by atoms with Crippen molar-refractivity contribution < 1.29 is 4.74 Å². The maximum atomic E-state index is 5.82. The first-order valence-electron chi connectivity index (χ1n) is 7.50. The van der Waals surface area contributed by atoms with E-state index in [4.69, 9.17) is 4.74 Å². The van der Waals surface area contributed by atoms with Crippen LogP contribution in [-0.2, 0) is 6.54 Å². The number of hydrogen-bond acceptors (Lipinski definition) is 3. The van der Waals surface area contributed by atoms with Crippen LogP contribution >= 0.6 is 0 Å². The van der Waals surface area contributed by atoms with Gasteiger partial charge in [0.05, 0.1) is 5.69 Å². The molecule has 1 saturated carbocycles. The predicted octanol–water partition coefficient (Wildman–Crippen LogP) is 3.30. The van der Waals surface area contributed by atoms with Crippen molar-refractivity contribution in [2.24, 2.45) is 0 Å². The van der Waals surface area contributed by atoms with Gasteiger partial charge in [-0.1, -0.05) is 31.4 Å². The Morgan fingerprint density at radius 2 is 2.11 bits per heavy atom. The van der Waals surface area contributed by atoms with E-state index in [0.29, 0.717) is 5.54 Å². The third-order valence-corrected chi connectivity index (χ3v) is 4.42. The maximum Gasteiger partial charge on any atom is 0.146 e. The number of anilines is 1. The van der Waals surface area contributed by atoms with E-state index in [1.165, 1.54) is 37.7 Å². The van der Waals surface area contributed by atoms with Gasteiger partial charge >= 0.3 is 0 Å². The summed E-state index contributed by atoms with van der Waals surface area (Å²) in [5.41, 5.74) is 2.72. The number of ether oxygens (including phenoxy) is 1. The zero-order valence-electron chi connectivity index (χ0n) is 11.8. The van der Waals surface area contributed by atoms with E-state index in [9.17, 15) is 0 Å². The standard InChI is InChI=1S/C16H24N2O/c1-16(8-3-2-4-9-16)18-12-13-6-5-7-14-15(13)19-11-10-17-14/h5-7,17-18H,2-4,8-12H2,1H3. The van der Waals surface area contributed by atoms with E-state index in [1.807, 2.05) is 0 Å². The zero-order chi connectivity index (χ0) is 13.1. The summed E-state index contributed by atoms with van der Waals surface area (Å²) in [5, 5.41) is 7.15. The van der Waals surface area contributed by atoms with Crippen LogP contribution in [0, 0.1) is 0 Å². The Balaban J connectivity index is 1.69. The molecule has 0 saturated heterocycles. The van der Waals surface area contributed by atoms with Gasteiger partial charge < -0.3 is 15.4 Å². The number of rotatable bonds is 3. The molecule has 1 aliphatic heterocycles. The molecule has 2 aliphatic rings. The first-order chi connectivity index (χ1) is 9.27. The quantitative estimate of drug-likeness (QED) is 0.875. The fourth-order valence-corrected chi connectivity index (χ4v) is 3.19. The van der Waals surface area contributed by atoms with Crippen LogP contribution in [0.1, 0.15) is 44.6 Å². The Labute approximate surface area is 115 Å². The van der Waals surface area contributed by atoms with Crippen LogP contribution in [0.2, 0.25) is 0 Å². The van der Waals surface area contributed by atoms with Crippen molar-refractivity contribution in [3.8, 4) is 5.75 Å². The van der Waals surface area contributed by atoms with Gasteiger partial charge in [0.1, 0.15) is 12.4 Å². The molecule has 0 amide bonds. The Morgan fingerprint density at radius 3 is 2.95 bits per heavy atom. The van der Waals surface area contributed by atoms with Crippen molar-refractivity contribution in [2.75, 3.05) is 18.5 Å². The third-order valence-electron chi connectivity index (χ3n) is 4.42. The molecule has 0 bridgehead atoms. The second kappa shape index (κ2) is 5.41. The number of benzene rings is 1. The lowest BCUT2D eigenvalue weighted by Gasteiger charge is -2.35. The second-order valence-corrected chi connectivity index (χ2v) is 6.04. The Morgan fingerprint density at radius 1 is 1.26 bits per heavy atom. The minimum absolute atomic E-state index is 0.309. The van der Waals surface area contributed by atoms with Gasteiger partial charge in [0, 0.05) is 24.2 Å². The third kappa shape index (κ3) is 2.86. The summed E-state index contributed by atoms with van der Waals surface area (Å²) in [6.07, 6.45) is 6.69. The Kier molecular flexibility index (Phi) is 3.65. The number of nitrogens with one attached hydrogen (secondary N) is 2. The fourth-order valence-electron chi connectivity index (χ4n) is 3.19. The summed E-state index contributed by atoms with van der Waals surface area (Å²) in [7, 11) is 0. The molecule has 1 fully saturated rings. The summed E-state index contributed by atoms with van der Waals surface area (Å²) >= 11 is 0. The molecule has 1 aromatic carbocycles. The van der Waals surface area contributed by atoms with E-state index in [2.05, 4.69) is 35.8 Å². The second-order valence-electron chi connectivity index (χ2n) is 6.04. The fraction of sp³-hybridized carbons (Fsp3) is 0.625. The van der Waals surface area contributed by atoms with Crippen LogP contribution in [0.15, 0.2) is 18.2 Å². The summed E-state index contributed by atoms with van der Waals surface area (Å²) in [4.78, 5) is 0. The van der Waals surface area contributed by atoms with Crippen molar-refractivity contribution >= 4 is 5.69 Å². The minimum Gasteiger partial charge on any atom is -0.489 e. The average Bonchev–Trinajstić information content (AvgIpc) is 2.46. The van der Waals surface area contributed by atoms with Gasteiger partial charge in [0.15, 0.2) is 0 Å². The van der Waals surface area contributed by atoms with Crippen LogP contribution in [0.3, 0.4) is 0 Å². The summed E-state index contributed by atoms with van der Waals surface area (Å²) in [6.45, 7) is 4.94. The average molecular weight is 260 g/mol. The lowest BCUT2D eigenvalue weighted by molar-refractivity contribution is 0.249. The largest absolute Gasteiger partial charge is 0.489 e. The molecule has 1 aliphatic carbocycles. The van der Waals surface area contributed by atoms with Gasteiger partial charge in [-0.3, -0.25) is 0 Å². The number of hydrogen-bond donors (Lipinski definition) is 2. The van der Waals surface area contributed by atoms with Crippen molar-refractivity contribution in [1.29, 1.82) is 0 Å². The van der Waals surface area contributed by atoms with E-state index in [1.54, 1.807) is 0 Å². The number of para-hydroxylation sites is 1. The first kappa shape index (κ1) is 12.8. The summed E-state index contributed by atoms with van der Waals surface area (Å²) in [6, 6.07) is 6.38. The van der Waals surface area contributed by atoms with E-state index < -0.39 is 0 Å². The molecule has 3 nitrogen and oxygen atoms in total. The van der Waals surface area contributed by atoms with E-state index in [0.717, 1.165) is 31.1 Å².